The average molecular weight is 311 g/mol. The second-order valence-electron chi connectivity index (χ2n) is 5.35. The van der Waals surface area contributed by atoms with Crippen LogP contribution in [0.15, 0.2) is 24.3 Å². The van der Waals surface area contributed by atoms with E-state index in [9.17, 15) is 13.2 Å². The number of ether oxygens (including phenoxy) is 1. The van der Waals surface area contributed by atoms with Crippen molar-refractivity contribution in [1.29, 1.82) is 0 Å². The van der Waals surface area contributed by atoms with E-state index >= 15 is 0 Å². The minimum atomic E-state index is -3.43. The Morgan fingerprint density at radius 1 is 1.38 bits per heavy atom. The Morgan fingerprint density at radius 2 is 2.10 bits per heavy atom. The van der Waals surface area contributed by atoms with Gasteiger partial charge >= 0.3 is 5.97 Å². The van der Waals surface area contributed by atoms with Crippen LogP contribution in [-0.2, 0) is 25.8 Å². The monoisotopic (exact) mass is 311 g/mol. The van der Waals surface area contributed by atoms with E-state index in [2.05, 4.69) is 4.74 Å². The van der Waals surface area contributed by atoms with Crippen molar-refractivity contribution in [3.63, 3.8) is 0 Å². The highest BCUT2D eigenvalue weighted by Crippen LogP contribution is 2.31. The highest BCUT2D eigenvalue weighted by atomic mass is 32.2. The molecule has 0 aliphatic heterocycles. The number of fused-ring (bicyclic) bond motifs is 1. The minimum Gasteiger partial charge on any atom is -0.469 e. The number of nitrogens with two attached hydrogens (primary N) is 1. The first-order valence-corrected chi connectivity index (χ1v) is 8.79. The highest BCUT2D eigenvalue weighted by molar-refractivity contribution is 7.92. The van der Waals surface area contributed by atoms with Crippen LogP contribution in [0.3, 0.4) is 0 Å². The molecule has 2 rings (SSSR count). The molecule has 1 aliphatic carbocycles. The third-order valence-electron chi connectivity index (χ3n) is 4.03. The zero-order valence-electron chi connectivity index (χ0n) is 12.1. The maximum atomic E-state index is 12.5. The van der Waals surface area contributed by atoms with Gasteiger partial charge in [-0.2, -0.15) is 0 Å². The molecule has 1 aromatic rings. The second-order valence-corrected chi connectivity index (χ2v) is 7.69. The van der Waals surface area contributed by atoms with Gasteiger partial charge in [-0.25, -0.2) is 8.42 Å². The SMILES string of the molecule is COC(=O)CCS(=O)(=O)C1CCCc2ccccc2C1N. The number of carbonyl (C=O) groups excluding carboxylic acids is 1. The third kappa shape index (κ3) is 3.63. The molecule has 5 nitrogen and oxygen atoms in total. The fourth-order valence-electron chi connectivity index (χ4n) is 2.84. The molecule has 0 aromatic heterocycles. The summed E-state index contributed by atoms with van der Waals surface area (Å²) < 4.78 is 29.5. The summed E-state index contributed by atoms with van der Waals surface area (Å²) in [5.74, 6) is -0.721. The van der Waals surface area contributed by atoms with Crippen LogP contribution in [0.5, 0.6) is 0 Å². The maximum absolute atomic E-state index is 12.5. The smallest absolute Gasteiger partial charge is 0.306 e. The number of rotatable bonds is 4. The van der Waals surface area contributed by atoms with Crippen molar-refractivity contribution in [1.82, 2.24) is 0 Å². The molecular formula is C15H21NO4S. The van der Waals surface area contributed by atoms with Crippen LogP contribution in [-0.4, -0.2) is 32.5 Å². The largest absolute Gasteiger partial charge is 0.469 e. The van der Waals surface area contributed by atoms with E-state index in [1.165, 1.54) is 7.11 Å². The number of sulfone groups is 1. The molecule has 0 radical (unpaired) electrons. The van der Waals surface area contributed by atoms with E-state index in [0.717, 1.165) is 24.0 Å². The van der Waals surface area contributed by atoms with Gasteiger partial charge in [-0.05, 0) is 30.4 Å². The van der Waals surface area contributed by atoms with E-state index in [-0.39, 0.29) is 12.2 Å². The second kappa shape index (κ2) is 6.58. The van der Waals surface area contributed by atoms with Gasteiger partial charge in [-0.1, -0.05) is 24.3 Å². The van der Waals surface area contributed by atoms with Crippen LogP contribution >= 0.6 is 0 Å². The number of esters is 1. The first-order valence-electron chi connectivity index (χ1n) is 7.07. The Balaban J connectivity index is 2.21. The number of hydrogen-bond acceptors (Lipinski definition) is 5. The van der Waals surface area contributed by atoms with Gasteiger partial charge in [0, 0.05) is 6.04 Å². The lowest BCUT2D eigenvalue weighted by atomic mass is 10.00. The fourth-order valence-corrected chi connectivity index (χ4v) is 4.72. The topological polar surface area (TPSA) is 86.5 Å². The molecule has 6 heteroatoms. The summed E-state index contributed by atoms with van der Waals surface area (Å²) in [6.45, 7) is 0. The summed E-state index contributed by atoms with van der Waals surface area (Å²) in [4.78, 5) is 11.2. The number of benzene rings is 1. The lowest BCUT2D eigenvalue weighted by Gasteiger charge is -2.23. The molecule has 0 saturated heterocycles. The molecule has 0 heterocycles. The minimum absolute atomic E-state index is 0.121. The van der Waals surface area contributed by atoms with Crippen molar-refractivity contribution in [3.8, 4) is 0 Å². The quantitative estimate of drug-likeness (QED) is 0.670. The molecule has 21 heavy (non-hydrogen) atoms. The molecule has 2 unspecified atom stereocenters. The van der Waals surface area contributed by atoms with Gasteiger partial charge in [0.25, 0.3) is 0 Å². The van der Waals surface area contributed by atoms with Crippen molar-refractivity contribution in [2.24, 2.45) is 5.73 Å². The summed E-state index contributed by atoms with van der Waals surface area (Å²) in [7, 11) is -2.18. The molecule has 0 amide bonds. The van der Waals surface area contributed by atoms with Crippen LogP contribution in [0.1, 0.15) is 36.4 Å². The van der Waals surface area contributed by atoms with Crippen LogP contribution in [0.4, 0.5) is 0 Å². The van der Waals surface area contributed by atoms with E-state index < -0.39 is 27.1 Å². The fraction of sp³-hybridized carbons (Fsp3) is 0.533. The summed E-state index contributed by atoms with van der Waals surface area (Å²) in [6.07, 6.45) is 2.03. The number of carbonyl (C=O) groups is 1. The van der Waals surface area contributed by atoms with Gasteiger partial charge in [0.2, 0.25) is 0 Å². The molecule has 2 N–H and O–H groups in total. The third-order valence-corrected chi connectivity index (χ3v) is 6.25. The molecule has 0 bridgehead atoms. The van der Waals surface area contributed by atoms with Crippen molar-refractivity contribution >= 4 is 15.8 Å². The summed E-state index contributed by atoms with van der Waals surface area (Å²) in [5, 5.41) is -0.634. The Kier molecular flexibility index (Phi) is 5.00. The summed E-state index contributed by atoms with van der Waals surface area (Å²) >= 11 is 0. The van der Waals surface area contributed by atoms with Crippen LogP contribution < -0.4 is 5.73 Å². The van der Waals surface area contributed by atoms with Crippen molar-refractivity contribution in [2.75, 3.05) is 12.9 Å². The van der Waals surface area contributed by atoms with Gasteiger partial charge in [-0.3, -0.25) is 4.79 Å². The Hall–Kier alpha value is -1.40. The van der Waals surface area contributed by atoms with Gasteiger partial charge in [0.05, 0.1) is 24.5 Å². The van der Waals surface area contributed by atoms with Gasteiger partial charge < -0.3 is 10.5 Å². The zero-order chi connectivity index (χ0) is 15.5. The normalized spacial score (nSPS) is 22.2. The molecule has 0 fully saturated rings. The molecule has 1 aliphatic rings. The van der Waals surface area contributed by atoms with Crippen LogP contribution in [0.2, 0.25) is 0 Å². The summed E-state index contributed by atoms with van der Waals surface area (Å²) in [5.41, 5.74) is 8.25. The van der Waals surface area contributed by atoms with E-state index in [4.69, 9.17) is 5.73 Å². The molecule has 1 aromatic carbocycles. The van der Waals surface area contributed by atoms with Crippen LogP contribution in [0, 0.1) is 0 Å². The van der Waals surface area contributed by atoms with Gasteiger partial charge in [0.15, 0.2) is 9.84 Å². The standard InChI is InChI=1S/C15H21NO4S/c1-20-14(17)9-10-21(18,19)13-8-4-6-11-5-2-3-7-12(11)15(13)16/h2-3,5,7,13,15H,4,6,8-10,16H2,1H3. The average Bonchev–Trinajstić information content (AvgIpc) is 2.65. The number of aryl methyl sites for hydroxylation is 1. The molecular weight excluding hydrogens is 290 g/mol. The predicted molar refractivity (Wildman–Crippen MR) is 80.5 cm³/mol. The van der Waals surface area contributed by atoms with E-state index in [0.29, 0.717) is 6.42 Å². The summed E-state index contributed by atoms with van der Waals surface area (Å²) in [6, 6.07) is 7.18. The molecule has 0 spiro atoms. The van der Waals surface area contributed by atoms with Gasteiger partial charge in [-0.15, -0.1) is 0 Å². The predicted octanol–water partition coefficient (Wildman–Crippen LogP) is 1.37. The molecule has 0 saturated carbocycles. The van der Waals surface area contributed by atoms with Crippen molar-refractivity contribution < 1.29 is 17.9 Å². The molecule has 116 valence electrons. The Bertz CT molecular complexity index is 612. The van der Waals surface area contributed by atoms with E-state index in [1.54, 1.807) is 0 Å². The zero-order valence-corrected chi connectivity index (χ0v) is 12.9. The van der Waals surface area contributed by atoms with E-state index in [1.807, 2.05) is 24.3 Å². The van der Waals surface area contributed by atoms with Gasteiger partial charge in [0.1, 0.15) is 0 Å². The highest BCUT2D eigenvalue weighted by Gasteiger charge is 2.34. The Morgan fingerprint density at radius 3 is 2.81 bits per heavy atom. The lowest BCUT2D eigenvalue weighted by Crippen LogP contribution is -2.35. The first kappa shape index (κ1) is 16.0. The maximum Gasteiger partial charge on any atom is 0.306 e. The first-order chi connectivity index (χ1) is 9.95. The lowest BCUT2D eigenvalue weighted by molar-refractivity contribution is -0.140. The molecule has 2 atom stereocenters. The number of hydrogen-bond donors (Lipinski definition) is 1. The Labute approximate surface area is 125 Å². The van der Waals surface area contributed by atoms with Crippen molar-refractivity contribution in [2.45, 2.75) is 37.0 Å². The van der Waals surface area contributed by atoms with Crippen LogP contribution in [0.25, 0.3) is 0 Å². The van der Waals surface area contributed by atoms with Crippen molar-refractivity contribution in [3.05, 3.63) is 35.4 Å². The number of methoxy groups -OCH3 is 1.